The van der Waals surface area contributed by atoms with E-state index in [2.05, 4.69) is 11.4 Å². The molecule has 1 aliphatic carbocycles. The number of nitrogens with zero attached hydrogens (tertiary/aromatic N) is 2. The highest BCUT2D eigenvalue weighted by Crippen LogP contribution is 2.37. The molecule has 4 aromatic rings. The minimum Gasteiger partial charge on any atom is -0.490 e. The Balaban J connectivity index is 1.13. The molecule has 2 heterocycles. The third kappa shape index (κ3) is 5.96. The summed E-state index contributed by atoms with van der Waals surface area (Å²) in [6.07, 6.45) is 3.23. The number of amides is 2. The number of pyridine rings is 1. The van der Waals surface area contributed by atoms with E-state index < -0.39 is 0 Å². The molecule has 0 unspecified atom stereocenters. The molecule has 1 saturated carbocycles. The minimum atomic E-state index is -0.185. The summed E-state index contributed by atoms with van der Waals surface area (Å²) in [5, 5.41) is 3.96. The zero-order valence-electron chi connectivity index (χ0n) is 23.0. The number of anilines is 2. The van der Waals surface area contributed by atoms with E-state index in [-0.39, 0.29) is 24.0 Å². The Morgan fingerprint density at radius 3 is 2.54 bits per heavy atom. The van der Waals surface area contributed by atoms with Gasteiger partial charge in [0.2, 0.25) is 5.88 Å². The van der Waals surface area contributed by atoms with Gasteiger partial charge < -0.3 is 19.5 Å². The van der Waals surface area contributed by atoms with Gasteiger partial charge in [0.1, 0.15) is 18.5 Å². The van der Waals surface area contributed by atoms with Gasteiger partial charge in [-0.1, -0.05) is 30.3 Å². The van der Waals surface area contributed by atoms with Crippen LogP contribution in [-0.4, -0.2) is 42.8 Å². The first-order valence-corrected chi connectivity index (χ1v) is 14.2. The van der Waals surface area contributed by atoms with Crippen molar-refractivity contribution in [2.75, 3.05) is 30.0 Å². The third-order valence-corrected chi connectivity index (χ3v) is 7.67. The highest BCUT2D eigenvalue weighted by molar-refractivity contribution is 6.03. The molecule has 1 N–H and O–H groups in total. The molecule has 210 valence electrons. The molecule has 1 fully saturated rings. The number of fused-ring (bicyclic) bond motifs is 2. The summed E-state index contributed by atoms with van der Waals surface area (Å²) in [5.41, 5.74) is 4.37. The first-order chi connectivity index (χ1) is 20.1. The number of nitrogens with one attached hydrogen (secondary N) is 1. The van der Waals surface area contributed by atoms with E-state index in [1.54, 1.807) is 4.90 Å². The van der Waals surface area contributed by atoms with Crippen molar-refractivity contribution in [2.45, 2.75) is 38.7 Å². The molecule has 41 heavy (non-hydrogen) atoms. The molecule has 3 aromatic carbocycles. The maximum atomic E-state index is 13.0. The van der Waals surface area contributed by atoms with Crippen molar-refractivity contribution in [3.63, 3.8) is 0 Å². The molecule has 0 radical (unpaired) electrons. The topological polar surface area (TPSA) is 90.0 Å². The average molecular weight is 552 g/mol. The predicted molar refractivity (Wildman–Crippen MR) is 158 cm³/mol. The predicted octanol–water partition coefficient (Wildman–Crippen LogP) is 6.83. The number of aromatic nitrogens is 1. The van der Waals surface area contributed by atoms with Crippen LogP contribution in [0.1, 0.15) is 32.6 Å². The van der Waals surface area contributed by atoms with Crippen LogP contribution in [0.4, 0.5) is 16.2 Å². The minimum absolute atomic E-state index is 0.0266. The standard InChI is InChI=1S/C33H33N3O5/c1-2-39-32(37)22-8-13-27(14-9-22)41-31-17-12-25-20-23(10-15-28(25)35-31)24-11-16-29-30(21-24)40-19-18-36(29)33(38)34-26-6-4-3-5-7-26/h3-7,10-12,15-17,20-22,27H,2,8-9,13-14,18-19H2,1H3,(H,34,38). The van der Waals surface area contributed by atoms with E-state index in [0.717, 1.165) is 59.1 Å². The molecule has 6 rings (SSSR count). The Bertz CT molecular complexity index is 1550. The number of carbonyl (C=O) groups excluding carboxylic acids is 2. The number of benzene rings is 3. The van der Waals surface area contributed by atoms with Crippen LogP contribution < -0.4 is 19.7 Å². The summed E-state index contributed by atoms with van der Waals surface area (Å²) in [6.45, 7) is 3.16. The molecule has 1 aromatic heterocycles. The van der Waals surface area contributed by atoms with E-state index in [1.807, 2.05) is 79.7 Å². The molecule has 1 aliphatic heterocycles. The van der Waals surface area contributed by atoms with Gasteiger partial charge in [0, 0.05) is 17.1 Å². The van der Waals surface area contributed by atoms with Gasteiger partial charge in [0.15, 0.2) is 0 Å². The van der Waals surface area contributed by atoms with E-state index in [0.29, 0.717) is 31.4 Å². The average Bonchev–Trinajstić information content (AvgIpc) is 3.01. The number of para-hydroxylation sites is 1. The molecule has 2 amide bonds. The van der Waals surface area contributed by atoms with E-state index >= 15 is 0 Å². The quantitative estimate of drug-likeness (QED) is 0.264. The number of rotatable bonds is 6. The van der Waals surface area contributed by atoms with Crippen LogP contribution in [0.3, 0.4) is 0 Å². The summed E-state index contributed by atoms with van der Waals surface area (Å²) in [4.78, 5) is 31.4. The van der Waals surface area contributed by atoms with Crippen molar-refractivity contribution in [1.82, 2.24) is 4.98 Å². The van der Waals surface area contributed by atoms with Crippen molar-refractivity contribution in [2.24, 2.45) is 5.92 Å². The number of carbonyl (C=O) groups is 2. The lowest BCUT2D eigenvalue weighted by atomic mass is 9.87. The lowest BCUT2D eigenvalue weighted by Crippen LogP contribution is -2.40. The van der Waals surface area contributed by atoms with Gasteiger partial charge in [-0.05, 0) is 86.2 Å². The molecule has 0 atom stereocenters. The molecular weight excluding hydrogens is 518 g/mol. The van der Waals surface area contributed by atoms with E-state index in [1.165, 1.54) is 0 Å². The van der Waals surface area contributed by atoms with E-state index in [4.69, 9.17) is 19.2 Å². The maximum Gasteiger partial charge on any atom is 0.326 e. The van der Waals surface area contributed by atoms with Crippen LogP contribution in [-0.2, 0) is 9.53 Å². The van der Waals surface area contributed by atoms with Gasteiger partial charge in [-0.25, -0.2) is 9.78 Å². The van der Waals surface area contributed by atoms with Gasteiger partial charge in [0.25, 0.3) is 0 Å². The third-order valence-electron chi connectivity index (χ3n) is 7.67. The van der Waals surface area contributed by atoms with Crippen molar-refractivity contribution >= 4 is 34.3 Å². The fraction of sp³-hybridized carbons (Fsp3) is 0.303. The van der Waals surface area contributed by atoms with Crippen LogP contribution in [0.5, 0.6) is 11.6 Å². The van der Waals surface area contributed by atoms with Gasteiger partial charge in [-0.15, -0.1) is 0 Å². The van der Waals surface area contributed by atoms with E-state index in [9.17, 15) is 9.59 Å². The normalized spacial score (nSPS) is 18.2. The SMILES string of the molecule is CCOC(=O)C1CCC(Oc2ccc3cc(-c4ccc5c(c4)OCCN5C(=O)Nc4ccccc4)ccc3n2)CC1. The number of hydrogen-bond acceptors (Lipinski definition) is 6. The number of urea groups is 1. The smallest absolute Gasteiger partial charge is 0.326 e. The summed E-state index contributed by atoms with van der Waals surface area (Å²) in [5.74, 6) is 1.15. The van der Waals surface area contributed by atoms with Crippen molar-refractivity contribution in [3.8, 4) is 22.8 Å². The highest BCUT2D eigenvalue weighted by Gasteiger charge is 2.28. The first-order valence-electron chi connectivity index (χ1n) is 14.2. The summed E-state index contributed by atoms with van der Waals surface area (Å²) < 4.78 is 17.3. The summed E-state index contributed by atoms with van der Waals surface area (Å²) in [7, 11) is 0. The largest absolute Gasteiger partial charge is 0.490 e. The molecule has 8 heteroatoms. The molecule has 0 saturated heterocycles. The first kappa shape index (κ1) is 26.6. The Kier molecular flexibility index (Phi) is 7.71. The molecule has 2 aliphatic rings. The zero-order valence-corrected chi connectivity index (χ0v) is 23.0. The number of esters is 1. The Morgan fingerprint density at radius 2 is 1.73 bits per heavy atom. The van der Waals surface area contributed by atoms with Crippen molar-refractivity contribution in [1.29, 1.82) is 0 Å². The van der Waals surface area contributed by atoms with Crippen LogP contribution in [0, 0.1) is 5.92 Å². The second-order valence-electron chi connectivity index (χ2n) is 10.4. The van der Waals surface area contributed by atoms with Gasteiger partial charge in [-0.3, -0.25) is 9.69 Å². The second kappa shape index (κ2) is 11.9. The fourth-order valence-electron chi connectivity index (χ4n) is 5.52. The van der Waals surface area contributed by atoms with Crippen molar-refractivity contribution < 1.29 is 23.8 Å². The summed E-state index contributed by atoms with van der Waals surface area (Å²) in [6, 6.07) is 25.2. The number of ether oxygens (including phenoxy) is 3. The Hall–Kier alpha value is -4.59. The van der Waals surface area contributed by atoms with Crippen LogP contribution in [0.15, 0.2) is 78.9 Å². The maximum absolute atomic E-state index is 13.0. The van der Waals surface area contributed by atoms with Crippen LogP contribution >= 0.6 is 0 Å². The second-order valence-corrected chi connectivity index (χ2v) is 10.4. The monoisotopic (exact) mass is 551 g/mol. The van der Waals surface area contributed by atoms with Crippen LogP contribution in [0.25, 0.3) is 22.0 Å². The highest BCUT2D eigenvalue weighted by atomic mass is 16.5. The molecular formula is C33H33N3O5. The Labute approximate surface area is 239 Å². The summed E-state index contributed by atoms with van der Waals surface area (Å²) >= 11 is 0. The van der Waals surface area contributed by atoms with Gasteiger partial charge >= 0.3 is 12.0 Å². The lowest BCUT2D eigenvalue weighted by Gasteiger charge is -2.30. The van der Waals surface area contributed by atoms with Gasteiger partial charge in [-0.2, -0.15) is 0 Å². The van der Waals surface area contributed by atoms with Gasteiger partial charge in [0.05, 0.1) is 30.3 Å². The zero-order chi connectivity index (χ0) is 28.2. The lowest BCUT2D eigenvalue weighted by molar-refractivity contribution is -0.149. The van der Waals surface area contributed by atoms with Crippen LogP contribution in [0.2, 0.25) is 0 Å². The molecule has 0 spiro atoms. The number of hydrogen-bond donors (Lipinski definition) is 1. The van der Waals surface area contributed by atoms with Crippen molar-refractivity contribution in [3.05, 3.63) is 78.9 Å². The molecule has 8 nitrogen and oxygen atoms in total. The molecule has 0 bridgehead atoms. The Morgan fingerprint density at radius 1 is 0.951 bits per heavy atom. The fourth-order valence-corrected chi connectivity index (χ4v) is 5.52.